The molecule has 0 bridgehead atoms. The van der Waals surface area contributed by atoms with Crippen LogP contribution in [-0.2, 0) is 0 Å². The van der Waals surface area contributed by atoms with Gasteiger partial charge in [0.05, 0.1) is 12.6 Å². The van der Waals surface area contributed by atoms with Crippen molar-refractivity contribution in [3.63, 3.8) is 0 Å². The minimum absolute atomic E-state index is 0.0686. The Kier molecular flexibility index (Phi) is 4.32. The molecule has 19 heavy (non-hydrogen) atoms. The third-order valence-corrected chi connectivity index (χ3v) is 3.89. The minimum Gasteiger partial charge on any atom is -0.396 e. The lowest BCUT2D eigenvalue weighted by molar-refractivity contribution is 0.202. The summed E-state index contributed by atoms with van der Waals surface area (Å²) in [4.78, 5) is 11.8. The Morgan fingerprint density at radius 3 is 2.58 bits per heavy atom. The van der Waals surface area contributed by atoms with E-state index in [0.29, 0.717) is 11.6 Å². The Labute approximate surface area is 118 Å². The molecule has 1 saturated carbocycles. The third-order valence-electron chi connectivity index (χ3n) is 3.63. The second-order valence-corrected chi connectivity index (χ2v) is 5.69. The highest BCUT2D eigenvalue weighted by molar-refractivity contribution is 6.30. The van der Waals surface area contributed by atoms with E-state index in [-0.39, 0.29) is 24.1 Å². The van der Waals surface area contributed by atoms with Crippen LogP contribution in [0.1, 0.15) is 31.4 Å². The van der Waals surface area contributed by atoms with Crippen molar-refractivity contribution < 1.29 is 9.90 Å². The van der Waals surface area contributed by atoms with Gasteiger partial charge in [0, 0.05) is 17.0 Å². The van der Waals surface area contributed by atoms with Gasteiger partial charge in [0.2, 0.25) is 0 Å². The lowest BCUT2D eigenvalue weighted by Crippen LogP contribution is -2.40. The van der Waals surface area contributed by atoms with E-state index in [4.69, 9.17) is 11.6 Å². The van der Waals surface area contributed by atoms with Crippen molar-refractivity contribution >= 4 is 17.6 Å². The zero-order chi connectivity index (χ0) is 13.9. The number of hydrogen-bond donors (Lipinski definition) is 3. The highest BCUT2D eigenvalue weighted by Gasteiger charge is 2.42. The molecule has 1 aromatic carbocycles. The molecule has 0 saturated heterocycles. The van der Waals surface area contributed by atoms with Gasteiger partial charge >= 0.3 is 6.03 Å². The van der Waals surface area contributed by atoms with Crippen molar-refractivity contribution in [3.8, 4) is 0 Å². The van der Waals surface area contributed by atoms with Crippen LogP contribution < -0.4 is 10.6 Å². The zero-order valence-corrected chi connectivity index (χ0v) is 11.7. The van der Waals surface area contributed by atoms with Crippen LogP contribution in [0.25, 0.3) is 0 Å². The summed E-state index contributed by atoms with van der Waals surface area (Å²) in [5, 5.41) is 15.5. The number of hydrogen-bond acceptors (Lipinski definition) is 2. The molecule has 4 nitrogen and oxygen atoms in total. The first-order chi connectivity index (χ1) is 9.04. The third kappa shape index (κ3) is 3.85. The topological polar surface area (TPSA) is 61.4 Å². The molecular weight excluding hydrogens is 264 g/mol. The number of carbonyl (C=O) groups is 1. The Morgan fingerprint density at radius 2 is 2.05 bits per heavy atom. The van der Waals surface area contributed by atoms with E-state index in [0.717, 1.165) is 18.4 Å². The monoisotopic (exact) mass is 282 g/mol. The molecule has 3 N–H and O–H groups in total. The first-order valence-corrected chi connectivity index (χ1v) is 6.83. The van der Waals surface area contributed by atoms with E-state index < -0.39 is 0 Å². The maximum absolute atomic E-state index is 11.8. The predicted octanol–water partition coefficient (Wildman–Crippen LogP) is 2.47. The first kappa shape index (κ1) is 14.2. The van der Waals surface area contributed by atoms with E-state index in [1.807, 2.05) is 19.1 Å². The molecular formula is C14H19ClN2O2. The van der Waals surface area contributed by atoms with E-state index in [1.165, 1.54) is 0 Å². The van der Waals surface area contributed by atoms with E-state index in [9.17, 15) is 9.90 Å². The van der Waals surface area contributed by atoms with Gasteiger partial charge in [-0.2, -0.15) is 0 Å². The highest BCUT2D eigenvalue weighted by atomic mass is 35.5. The molecule has 0 aromatic heterocycles. The molecule has 0 spiro atoms. The Balaban J connectivity index is 1.80. The normalized spacial score (nSPS) is 17.6. The molecule has 1 unspecified atom stereocenters. The van der Waals surface area contributed by atoms with Gasteiger partial charge < -0.3 is 15.7 Å². The fraction of sp³-hybridized carbons (Fsp3) is 0.500. The highest BCUT2D eigenvalue weighted by Crippen LogP contribution is 2.44. The summed E-state index contributed by atoms with van der Waals surface area (Å²) in [5.41, 5.74) is 0.934. The molecule has 1 aromatic rings. The number of urea groups is 1. The van der Waals surface area contributed by atoms with Crippen LogP contribution in [0.4, 0.5) is 4.79 Å². The lowest BCUT2D eigenvalue weighted by Gasteiger charge is -2.17. The van der Waals surface area contributed by atoms with Gasteiger partial charge in [-0.15, -0.1) is 0 Å². The second-order valence-electron chi connectivity index (χ2n) is 5.26. The summed E-state index contributed by atoms with van der Waals surface area (Å²) in [7, 11) is 0. The van der Waals surface area contributed by atoms with E-state index in [2.05, 4.69) is 10.6 Å². The molecule has 1 aliphatic rings. The largest absolute Gasteiger partial charge is 0.396 e. The summed E-state index contributed by atoms with van der Waals surface area (Å²) in [6, 6.07) is 7.10. The summed E-state index contributed by atoms with van der Waals surface area (Å²) in [6.07, 6.45) is 1.97. The number of aliphatic hydroxyl groups is 1. The Bertz CT molecular complexity index is 443. The van der Waals surface area contributed by atoms with Gasteiger partial charge in [0.25, 0.3) is 0 Å². The summed E-state index contributed by atoms with van der Waals surface area (Å²) >= 11 is 5.82. The quantitative estimate of drug-likeness (QED) is 0.777. The second kappa shape index (κ2) is 5.80. The molecule has 5 heteroatoms. The van der Waals surface area contributed by atoms with Crippen molar-refractivity contribution in [1.29, 1.82) is 0 Å². The average molecular weight is 283 g/mol. The molecule has 1 atom stereocenters. The first-order valence-electron chi connectivity index (χ1n) is 6.45. The van der Waals surface area contributed by atoms with E-state index in [1.54, 1.807) is 12.1 Å². The molecule has 0 heterocycles. The number of halogens is 1. The molecule has 2 rings (SSSR count). The zero-order valence-electron chi connectivity index (χ0n) is 10.9. The van der Waals surface area contributed by atoms with Crippen LogP contribution in [0.3, 0.4) is 0 Å². The Hall–Kier alpha value is -1.26. The van der Waals surface area contributed by atoms with Gasteiger partial charge in [-0.3, -0.25) is 0 Å². The van der Waals surface area contributed by atoms with Crippen molar-refractivity contribution in [1.82, 2.24) is 10.6 Å². The van der Waals surface area contributed by atoms with Crippen molar-refractivity contribution in [2.45, 2.75) is 25.8 Å². The molecule has 0 radical (unpaired) electrons. The Morgan fingerprint density at radius 1 is 1.42 bits per heavy atom. The van der Waals surface area contributed by atoms with E-state index >= 15 is 0 Å². The maximum atomic E-state index is 11.8. The van der Waals surface area contributed by atoms with Crippen LogP contribution in [0.15, 0.2) is 24.3 Å². The molecule has 104 valence electrons. The van der Waals surface area contributed by atoms with Crippen LogP contribution >= 0.6 is 11.6 Å². The number of amides is 2. The van der Waals surface area contributed by atoms with Crippen molar-refractivity contribution in [2.24, 2.45) is 5.41 Å². The van der Waals surface area contributed by atoms with Gasteiger partial charge in [0.15, 0.2) is 0 Å². The van der Waals surface area contributed by atoms with Crippen molar-refractivity contribution in [2.75, 3.05) is 13.2 Å². The summed E-state index contributed by atoms with van der Waals surface area (Å²) in [6.45, 7) is 2.59. The van der Waals surface area contributed by atoms with Gasteiger partial charge in [0.1, 0.15) is 0 Å². The predicted molar refractivity (Wildman–Crippen MR) is 75.2 cm³/mol. The van der Waals surface area contributed by atoms with Crippen LogP contribution in [0.2, 0.25) is 5.02 Å². The summed E-state index contributed by atoms with van der Waals surface area (Å²) < 4.78 is 0. The number of rotatable bonds is 5. The molecule has 0 aliphatic heterocycles. The number of benzene rings is 1. The molecule has 2 amide bonds. The van der Waals surface area contributed by atoms with Crippen LogP contribution in [-0.4, -0.2) is 24.3 Å². The van der Waals surface area contributed by atoms with Gasteiger partial charge in [-0.05, 0) is 37.5 Å². The smallest absolute Gasteiger partial charge is 0.315 e. The van der Waals surface area contributed by atoms with Crippen molar-refractivity contribution in [3.05, 3.63) is 34.9 Å². The SMILES string of the molecule is CC(NC(=O)NCC1(CO)CC1)c1ccc(Cl)cc1. The molecule has 1 aliphatic carbocycles. The molecule has 1 fully saturated rings. The fourth-order valence-corrected chi connectivity index (χ4v) is 2.04. The van der Waals surface area contributed by atoms with Crippen LogP contribution in [0, 0.1) is 5.41 Å². The lowest BCUT2D eigenvalue weighted by atomic mass is 10.1. The standard InChI is InChI=1S/C14H19ClN2O2/c1-10(11-2-4-12(15)5-3-11)17-13(19)16-8-14(9-18)6-7-14/h2-5,10,18H,6-9H2,1H3,(H2,16,17,19). The summed E-state index contributed by atoms with van der Waals surface area (Å²) in [5.74, 6) is 0. The fourth-order valence-electron chi connectivity index (χ4n) is 1.92. The van der Waals surface area contributed by atoms with Gasteiger partial charge in [-0.1, -0.05) is 23.7 Å². The maximum Gasteiger partial charge on any atom is 0.315 e. The van der Waals surface area contributed by atoms with Gasteiger partial charge in [-0.25, -0.2) is 4.79 Å². The number of carbonyl (C=O) groups excluding carboxylic acids is 1. The minimum atomic E-state index is -0.206. The number of nitrogens with one attached hydrogen (secondary N) is 2. The number of aliphatic hydroxyl groups excluding tert-OH is 1. The average Bonchev–Trinajstić information content (AvgIpc) is 3.18. The van der Waals surface area contributed by atoms with Crippen LogP contribution in [0.5, 0.6) is 0 Å².